The van der Waals surface area contributed by atoms with E-state index >= 15 is 0 Å². The smallest absolute Gasteiger partial charge is 0.308 e. The van der Waals surface area contributed by atoms with Crippen molar-refractivity contribution in [3.05, 3.63) is 96.1 Å². The summed E-state index contributed by atoms with van der Waals surface area (Å²) in [4.78, 5) is 56.1. The normalized spacial score (nSPS) is 20.4. The maximum Gasteiger partial charge on any atom is 0.308 e. The molecular formula is C27H20ClN3O4S3. The molecule has 11 heteroatoms. The third kappa shape index (κ3) is 4.31. The summed E-state index contributed by atoms with van der Waals surface area (Å²) < 4.78 is 1.43. The fraction of sp³-hybridized carbons (Fsp3) is 0.185. The first-order valence-corrected chi connectivity index (χ1v) is 14.7. The first-order valence-electron chi connectivity index (χ1n) is 11.8. The van der Waals surface area contributed by atoms with Crippen molar-refractivity contribution < 1.29 is 14.4 Å². The Labute approximate surface area is 235 Å². The molecule has 192 valence electrons. The van der Waals surface area contributed by atoms with Crippen molar-refractivity contribution in [3.63, 3.8) is 0 Å². The van der Waals surface area contributed by atoms with Gasteiger partial charge in [-0.05, 0) is 60.3 Å². The summed E-state index contributed by atoms with van der Waals surface area (Å²) in [6.45, 7) is 1.74. The Kier molecular flexibility index (Phi) is 6.51. The van der Waals surface area contributed by atoms with E-state index in [1.54, 1.807) is 30.3 Å². The van der Waals surface area contributed by atoms with Crippen molar-refractivity contribution in [1.82, 2.24) is 4.57 Å². The number of carbonyl (C=O) groups is 3. The van der Waals surface area contributed by atoms with Crippen LogP contribution in [0.5, 0.6) is 0 Å². The van der Waals surface area contributed by atoms with Crippen LogP contribution in [0.15, 0.2) is 75.9 Å². The number of hydrogen-bond donors (Lipinski definition) is 1. The standard InChI is InChI=1S/C27H20ClN3O4S3/c1-14-4-2-5-16(12-14)29-19(32)13-30-26-23(38-27(30)35)20(18-6-3-11-36-18)21-22(37-26)25(34)31(24(21)33)17-9-7-15(28)8-10-17/h2-12,20-22H,13H2,1H3,(H,29,32)/t20-,21-,22+/m0/s1. The molecule has 0 bridgehead atoms. The maximum atomic E-state index is 13.8. The summed E-state index contributed by atoms with van der Waals surface area (Å²) in [5.74, 6) is -2.10. The van der Waals surface area contributed by atoms with Gasteiger partial charge in [0.05, 0.1) is 16.6 Å². The highest BCUT2D eigenvalue weighted by Crippen LogP contribution is 2.54. The number of aromatic nitrogens is 1. The van der Waals surface area contributed by atoms with Crippen LogP contribution in [0.3, 0.4) is 0 Å². The van der Waals surface area contributed by atoms with Crippen molar-refractivity contribution in [2.75, 3.05) is 10.2 Å². The fourth-order valence-corrected chi connectivity index (χ4v) is 8.79. The fourth-order valence-electron chi connectivity index (χ4n) is 4.94. The van der Waals surface area contributed by atoms with E-state index in [-0.39, 0.29) is 29.1 Å². The van der Waals surface area contributed by atoms with Crippen LogP contribution >= 0.6 is 46.0 Å². The van der Waals surface area contributed by atoms with Crippen molar-refractivity contribution >= 4 is 75.1 Å². The summed E-state index contributed by atoms with van der Waals surface area (Å²) in [5.41, 5.74) is 2.11. The van der Waals surface area contributed by atoms with Gasteiger partial charge < -0.3 is 5.32 Å². The van der Waals surface area contributed by atoms with E-state index in [1.165, 1.54) is 32.6 Å². The molecular weight excluding hydrogens is 562 g/mol. The lowest BCUT2D eigenvalue weighted by molar-refractivity contribution is -0.122. The number of anilines is 2. The lowest BCUT2D eigenvalue weighted by atomic mass is 9.87. The zero-order valence-electron chi connectivity index (χ0n) is 19.9. The first kappa shape index (κ1) is 25.1. The van der Waals surface area contributed by atoms with Gasteiger partial charge in [0.25, 0.3) is 0 Å². The Hall–Kier alpha value is -3.18. The number of benzene rings is 2. The number of fused-ring (bicyclic) bond motifs is 2. The third-order valence-electron chi connectivity index (χ3n) is 6.59. The number of carbonyl (C=O) groups excluding carboxylic acids is 3. The van der Waals surface area contributed by atoms with Crippen LogP contribution in [-0.4, -0.2) is 27.5 Å². The number of nitrogens with one attached hydrogen (secondary N) is 1. The van der Waals surface area contributed by atoms with Crippen molar-refractivity contribution in [1.29, 1.82) is 0 Å². The summed E-state index contributed by atoms with van der Waals surface area (Å²) in [6, 6.07) is 17.8. The molecule has 1 saturated heterocycles. The molecule has 38 heavy (non-hydrogen) atoms. The minimum Gasteiger partial charge on any atom is -0.325 e. The van der Waals surface area contributed by atoms with E-state index in [1.807, 2.05) is 42.6 Å². The Morgan fingerprint density at radius 3 is 2.53 bits per heavy atom. The number of rotatable bonds is 5. The molecule has 2 aliphatic heterocycles. The highest BCUT2D eigenvalue weighted by atomic mass is 35.5. The number of imide groups is 1. The molecule has 6 rings (SSSR count). The van der Waals surface area contributed by atoms with Crippen LogP contribution in [0.4, 0.5) is 11.4 Å². The molecule has 1 fully saturated rings. The van der Waals surface area contributed by atoms with Crippen LogP contribution in [0, 0.1) is 12.8 Å². The molecule has 2 aromatic carbocycles. The SMILES string of the molecule is Cc1cccc(NC(=O)Cn2c3c(sc2=O)[C@@H](c2cccs2)[C@@H]2C(=O)N(c4ccc(Cl)cc4)C(=O)[C@@H]2S3)c1. The van der Waals surface area contributed by atoms with Gasteiger partial charge in [0, 0.05) is 26.4 Å². The Morgan fingerprint density at radius 1 is 1.03 bits per heavy atom. The summed E-state index contributed by atoms with van der Waals surface area (Å²) in [7, 11) is 0. The quantitative estimate of drug-likeness (QED) is 0.320. The lowest BCUT2D eigenvalue weighted by Gasteiger charge is -2.29. The Balaban J connectivity index is 1.38. The molecule has 4 aromatic rings. The lowest BCUT2D eigenvalue weighted by Crippen LogP contribution is -2.32. The second-order valence-electron chi connectivity index (χ2n) is 9.09. The molecule has 0 spiro atoms. The van der Waals surface area contributed by atoms with E-state index in [0.29, 0.717) is 26.3 Å². The summed E-state index contributed by atoms with van der Waals surface area (Å²) in [6.07, 6.45) is 0. The van der Waals surface area contributed by atoms with Crippen LogP contribution in [0.25, 0.3) is 0 Å². The topological polar surface area (TPSA) is 88.5 Å². The average Bonchev–Trinajstić information content (AvgIpc) is 3.58. The number of hydrogen-bond acceptors (Lipinski definition) is 7. The average molecular weight is 582 g/mol. The summed E-state index contributed by atoms with van der Waals surface area (Å²) in [5, 5.41) is 5.11. The number of thiazole rings is 1. The number of aryl methyl sites for hydroxylation is 1. The van der Waals surface area contributed by atoms with Crippen LogP contribution in [-0.2, 0) is 20.9 Å². The van der Waals surface area contributed by atoms with Crippen molar-refractivity contribution in [2.45, 2.75) is 29.7 Å². The monoisotopic (exact) mass is 581 g/mol. The summed E-state index contributed by atoms with van der Waals surface area (Å²) >= 11 is 9.75. The number of nitrogens with zero attached hydrogens (tertiary/aromatic N) is 2. The molecule has 3 amide bonds. The van der Waals surface area contributed by atoms with E-state index in [2.05, 4.69) is 5.32 Å². The number of amides is 3. The van der Waals surface area contributed by atoms with Gasteiger partial charge in [-0.1, -0.05) is 52.9 Å². The first-order chi connectivity index (χ1) is 18.3. The largest absolute Gasteiger partial charge is 0.325 e. The molecule has 2 aliphatic rings. The zero-order valence-corrected chi connectivity index (χ0v) is 23.1. The Morgan fingerprint density at radius 2 is 1.82 bits per heavy atom. The van der Waals surface area contributed by atoms with E-state index in [9.17, 15) is 19.2 Å². The van der Waals surface area contributed by atoms with Crippen LogP contribution in [0.2, 0.25) is 5.02 Å². The van der Waals surface area contributed by atoms with Gasteiger partial charge in [0.1, 0.15) is 11.8 Å². The number of thiophene rings is 1. The van der Waals surface area contributed by atoms with E-state index in [0.717, 1.165) is 21.8 Å². The van der Waals surface area contributed by atoms with Gasteiger partial charge in [-0.25, -0.2) is 4.90 Å². The van der Waals surface area contributed by atoms with E-state index in [4.69, 9.17) is 11.6 Å². The number of thioether (sulfide) groups is 1. The zero-order chi connectivity index (χ0) is 26.6. The molecule has 0 unspecified atom stereocenters. The molecule has 0 radical (unpaired) electrons. The number of halogens is 1. The van der Waals surface area contributed by atoms with Gasteiger partial charge >= 0.3 is 4.87 Å². The molecule has 1 N–H and O–H groups in total. The second-order valence-corrected chi connectivity index (χ2v) is 12.6. The van der Waals surface area contributed by atoms with Gasteiger partial charge in [0.2, 0.25) is 17.7 Å². The second kappa shape index (κ2) is 9.85. The molecule has 3 atom stereocenters. The van der Waals surface area contributed by atoms with Crippen molar-refractivity contribution in [2.24, 2.45) is 5.92 Å². The Bertz CT molecular complexity index is 1630. The highest BCUT2D eigenvalue weighted by Gasteiger charge is 2.57. The highest BCUT2D eigenvalue weighted by molar-refractivity contribution is 8.00. The van der Waals surface area contributed by atoms with Crippen LogP contribution in [0.1, 0.15) is 21.2 Å². The minimum atomic E-state index is -0.724. The van der Waals surface area contributed by atoms with E-state index < -0.39 is 17.1 Å². The van der Waals surface area contributed by atoms with Crippen molar-refractivity contribution in [3.8, 4) is 0 Å². The van der Waals surface area contributed by atoms with Gasteiger partial charge in [-0.2, -0.15) is 0 Å². The molecule has 0 saturated carbocycles. The molecule has 0 aliphatic carbocycles. The third-order valence-corrected chi connectivity index (χ3v) is 10.4. The van der Waals surface area contributed by atoms with Gasteiger partial charge in [-0.15, -0.1) is 11.3 Å². The molecule has 2 aromatic heterocycles. The molecule has 7 nitrogen and oxygen atoms in total. The van der Waals surface area contributed by atoms with Gasteiger partial charge in [0.15, 0.2) is 0 Å². The predicted molar refractivity (Wildman–Crippen MR) is 152 cm³/mol. The van der Waals surface area contributed by atoms with Crippen LogP contribution < -0.4 is 15.1 Å². The maximum absolute atomic E-state index is 13.8. The molecule has 4 heterocycles. The predicted octanol–water partition coefficient (Wildman–Crippen LogP) is 5.37. The minimum absolute atomic E-state index is 0.191. The van der Waals surface area contributed by atoms with Gasteiger partial charge in [-0.3, -0.25) is 23.7 Å².